The molecule has 2 heterocycles. The third-order valence-electron chi connectivity index (χ3n) is 6.73. The van der Waals surface area contributed by atoms with Crippen LogP contribution in [0.3, 0.4) is 0 Å². The molecule has 2 fully saturated rings. The molecule has 0 bridgehead atoms. The summed E-state index contributed by atoms with van der Waals surface area (Å²) >= 11 is 0. The second-order valence-electron chi connectivity index (χ2n) is 9.25. The number of carbonyl (C=O) groups is 2. The van der Waals surface area contributed by atoms with Gasteiger partial charge < -0.3 is 29.5 Å². The number of carbonyl (C=O) groups excluding carboxylic acids is 2. The third-order valence-corrected chi connectivity index (χ3v) is 6.73. The zero-order valence-corrected chi connectivity index (χ0v) is 21.1. The lowest BCUT2D eigenvalue weighted by Gasteiger charge is -2.30. The van der Waals surface area contributed by atoms with Crippen molar-refractivity contribution in [3.05, 3.63) is 83.9 Å². The van der Waals surface area contributed by atoms with Gasteiger partial charge in [-0.1, -0.05) is 24.3 Å². The highest BCUT2D eigenvalue weighted by Gasteiger charge is 2.23. The minimum atomic E-state index is -0.129. The van der Waals surface area contributed by atoms with E-state index in [1.165, 1.54) is 5.69 Å². The monoisotopic (exact) mass is 500 g/mol. The molecule has 1 N–H and O–H groups in total. The summed E-state index contributed by atoms with van der Waals surface area (Å²) in [5, 5.41) is 2.60. The van der Waals surface area contributed by atoms with Gasteiger partial charge in [0.2, 0.25) is 11.8 Å². The van der Waals surface area contributed by atoms with E-state index in [1.54, 1.807) is 12.0 Å². The van der Waals surface area contributed by atoms with E-state index in [-0.39, 0.29) is 24.9 Å². The summed E-state index contributed by atoms with van der Waals surface area (Å²) in [5.74, 6) is 0.614. The Morgan fingerprint density at radius 3 is 2.46 bits per heavy atom. The molecular formula is C29H32N4O4. The highest BCUT2D eigenvalue weighted by molar-refractivity contribution is 5.92. The van der Waals surface area contributed by atoms with Gasteiger partial charge in [0.05, 0.1) is 33.4 Å². The van der Waals surface area contributed by atoms with Crippen molar-refractivity contribution in [1.29, 1.82) is 0 Å². The maximum absolute atomic E-state index is 12.3. The van der Waals surface area contributed by atoms with Crippen LogP contribution >= 0.6 is 0 Å². The second kappa shape index (κ2) is 11.3. The topological polar surface area (TPSA) is 74.3 Å². The molecule has 0 unspecified atom stereocenters. The molecule has 0 atom stereocenters. The van der Waals surface area contributed by atoms with Crippen molar-refractivity contribution >= 4 is 28.9 Å². The normalized spacial score (nSPS) is 15.9. The number of rotatable bonds is 8. The number of hydrogen-bond donors (Lipinski definition) is 1. The van der Waals surface area contributed by atoms with E-state index in [9.17, 15) is 9.59 Å². The maximum Gasteiger partial charge on any atom is 0.242 e. The number of hydrogen-bond acceptors (Lipinski definition) is 6. The largest absolute Gasteiger partial charge is 0.497 e. The molecule has 0 aromatic heterocycles. The Balaban J connectivity index is 1.43. The van der Waals surface area contributed by atoms with E-state index in [2.05, 4.69) is 57.6 Å². The number of morpholine rings is 1. The molecule has 8 heteroatoms. The molecule has 0 aliphatic carbocycles. The van der Waals surface area contributed by atoms with Crippen LogP contribution < -0.4 is 19.9 Å². The summed E-state index contributed by atoms with van der Waals surface area (Å²) in [6.07, 6.45) is 0. The molecule has 0 saturated carbocycles. The molecule has 8 nitrogen and oxygen atoms in total. The fourth-order valence-corrected chi connectivity index (χ4v) is 4.74. The van der Waals surface area contributed by atoms with Crippen LogP contribution in [0.2, 0.25) is 0 Å². The Labute approximate surface area is 217 Å². The van der Waals surface area contributed by atoms with Crippen LogP contribution in [0.15, 0.2) is 72.8 Å². The lowest BCUT2D eigenvalue weighted by Crippen LogP contribution is -2.50. The van der Waals surface area contributed by atoms with Crippen molar-refractivity contribution in [3.8, 4) is 5.75 Å². The van der Waals surface area contributed by atoms with Crippen LogP contribution in [0.1, 0.15) is 11.1 Å². The summed E-state index contributed by atoms with van der Waals surface area (Å²) in [5.41, 5.74) is 5.34. The number of anilines is 3. The van der Waals surface area contributed by atoms with Gasteiger partial charge in [0.1, 0.15) is 5.75 Å². The Bertz CT molecular complexity index is 1240. The van der Waals surface area contributed by atoms with Crippen molar-refractivity contribution in [3.63, 3.8) is 0 Å². The predicted molar refractivity (Wildman–Crippen MR) is 143 cm³/mol. The molecule has 0 spiro atoms. The molecule has 3 aromatic carbocycles. The summed E-state index contributed by atoms with van der Waals surface area (Å²) in [6.45, 7) is 4.45. The van der Waals surface area contributed by atoms with Gasteiger partial charge in [-0.15, -0.1) is 0 Å². The van der Waals surface area contributed by atoms with Gasteiger partial charge in [-0.3, -0.25) is 9.59 Å². The molecule has 2 amide bonds. The van der Waals surface area contributed by atoms with Gasteiger partial charge in [0.25, 0.3) is 0 Å². The van der Waals surface area contributed by atoms with Gasteiger partial charge >= 0.3 is 0 Å². The average Bonchev–Trinajstić information content (AvgIpc) is 2.94. The van der Waals surface area contributed by atoms with E-state index in [0.717, 1.165) is 54.6 Å². The molecule has 2 aliphatic rings. The number of methoxy groups -OCH3 is 1. The molecule has 37 heavy (non-hydrogen) atoms. The molecule has 5 rings (SSSR count). The summed E-state index contributed by atoms with van der Waals surface area (Å²) < 4.78 is 10.9. The zero-order chi connectivity index (χ0) is 25.6. The van der Waals surface area contributed by atoms with Gasteiger partial charge in [-0.2, -0.15) is 0 Å². The molecule has 3 aromatic rings. The fraction of sp³-hybridized carbons (Fsp3) is 0.310. The molecule has 2 aliphatic heterocycles. The minimum Gasteiger partial charge on any atom is -0.497 e. The van der Waals surface area contributed by atoms with E-state index < -0.39 is 0 Å². The zero-order valence-electron chi connectivity index (χ0n) is 21.1. The first-order valence-corrected chi connectivity index (χ1v) is 12.6. The third kappa shape index (κ3) is 6.03. The van der Waals surface area contributed by atoms with Gasteiger partial charge in [0, 0.05) is 43.2 Å². The van der Waals surface area contributed by atoms with Crippen LogP contribution in [0.25, 0.3) is 0 Å². The Hall–Kier alpha value is -4.04. The molecular weight excluding hydrogens is 468 g/mol. The van der Waals surface area contributed by atoms with E-state index in [0.29, 0.717) is 13.1 Å². The summed E-state index contributed by atoms with van der Waals surface area (Å²) in [4.78, 5) is 30.4. The second-order valence-corrected chi connectivity index (χ2v) is 9.25. The SMILES string of the molecule is COc1cccc(CN(c2ccc(N3CCOCC3)cc2)c2cccc(CN3CC(=O)NCC3=O)c2)c1. The van der Waals surface area contributed by atoms with Crippen LogP contribution in [-0.4, -0.2) is 63.2 Å². The Morgan fingerprint density at radius 1 is 0.919 bits per heavy atom. The highest BCUT2D eigenvalue weighted by atomic mass is 16.5. The Kier molecular flexibility index (Phi) is 7.56. The minimum absolute atomic E-state index is 0.0516. The highest BCUT2D eigenvalue weighted by Crippen LogP contribution is 2.31. The number of piperazine rings is 1. The van der Waals surface area contributed by atoms with Gasteiger partial charge in [-0.05, 0) is 59.7 Å². The summed E-state index contributed by atoms with van der Waals surface area (Å²) in [6, 6.07) is 24.9. The molecule has 0 radical (unpaired) electrons. The first-order chi connectivity index (χ1) is 18.1. The lowest BCUT2D eigenvalue weighted by molar-refractivity contribution is -0.141. The fourth-order valence-electron chi connectivity index (χ4n) is 4.74. The first-order valence-electron chi connectivity index (χ1n) is 12.6. The van der Waals surface area contributed by atoms with Crippen LogP contribution in [0, 0.1) is 0 Å². The van der Waals surface area contributed by atoms with Gasteiger partial charge in [-0.25, -0.2) is 0 Å². The van der Waals surface area contributed by atoms with Crippen molar-refractivity contribution in [1.82, 2.24) is 10.2 Å². The van der Waals surface area contributed by atoms with Crippen LogP contribution in [0.4, 0.5) is 17.1 Å². The van der Waals surface area contributed by atoms with Crippen LogP contribution in [0.5, 0.6) is 5.75 Å². The van der Waals surface area contributed by atoms with Gasteiger partial charge in [0.15, 0.2) is 0 Å². The Morgan fingerprint density at radius 2 is 1.68 bits per heavy atom. The van der Waals surface area contributed by atoms with Crippen molar-refractivity contribution in [2.24, 2.45) is 0 Å². The maximum atomic E-state index is 12.3. The average molecular weight is 501 g/mol. The number of amides is 2. The van der Waals surface area contributed by atoms with Crippen molar-refractivity contribution in [2.45, 2.75) is 13.1 Å². The molecule has 2 saturated heterocycles. The predicted octanol–water partition coefficient (Wildman–Crippen LogP) is 3.33. The van der Waals surface area contributed by atoms with E-state index in [1.807, 2.05) is 30.3 Å². The molecule has 192 valence electrons. The van der Waals surface area contributed by atoms with E-state index >= 15 is 0 Å². The lowest BCUT2D eigenvalue weighted by atomic mass is 10.1. The van der Waals surface area contributed by atoms with Crippen molar-refractivity contribution < 1.29 is 19.1 Å². The number of ether oxygens (including phenoxy) is 2. The number of nitrogens with zero attached hydrogens (tertiary/aromatic N) is 3. The summed E-state index contributed by atoms with van der Waals surface area (Å²) in [7, 11) is 1.67. The number of nitrogens with one attached hydrogen (secondary N) is 1. The van der Waals surface area contributed by atoms with E-state index in [4.69, 9.17) is 9.47 Å². The number of benzene rings is 3. The van der Waals surface area contributed by atoms with Crippen molar-refractivity contribution in [2.75, 3.05) is 56.3 Å². The standard InChI is InChI=1S/C29H32N4O4/c1-36-27-7-3-5-23(17-27)20-33(25-10-8-24(9-11-25)31-12-14-37-15-13-31)26-6-2-4-22(16-26)19-32-21-28(34)30-18-29(32)35/h2-11,16-17H,12-15,18-21H2,1H3,(H,30,34). The first kappa shape index (κ1) is 24.6. The van der Waals surface area contributed by atoms with Crippen LogP contribution in [-0.2, 0) is 27.4 Å². The quantitative estimate of drug-likeness (QED) is 0.512. The smallest absolute Gasteiger partial charge is 0.242 e.